The van der Waals surface area contributed by atoms with Crippen LogP contribution in [0.1, 0.15) is 11.1 Å². The van der Waals surface area contributed by atoms with E-state index in [4.69, 9.17) is 31.6 Å². The predicted molar refractivity (Wildman–Crippen MR) is 81.4 cm³/mol. The van der Waals surface area contributed by atoms with E-state index in [-0.39, 0.29) is 13.2 Å². The van der Waals surface area contributed by atoms with E-state index in [2.05, 4.69) is 0 Å². The Morgan fingerprint density at radius 3 is 1.38 bits per heavy atom. The fourth-order valence-electron chi connectivity index (χ4n) is 1.48. The van der Waals surface area contributed by atoms with Crippen LogP contribution >= 0.6 is 23.2 Å². The van der Waals surface area contributed by atoms with Gasteiger partial charge >= 0.3 is 10.4 Å². The third-order valence-electron chi connectivity index (χ3n) is 2.57. The molecular formula is C14H12Cl2O4S. The Morgan fingerprint density at radius 1 is 0.714 bits per heavy atom. The Morgan fingerprint density at radius 2 is 1.05 bits per heavy atom. The number of rotatable bonds is 6. The molecule has 0 saturated heterocycles. The van der Waals surface area contributed by atoms with Crippen LogP contribution in [0.2, 0.25) is 10.0 Å². The van der Waals surface area contributed by atoms with Gasteiger partial charge in [0, 0.05) is 10.0 Å². The molecule has 0 aliphatic rings. The van der Waals surface area contributed by atoms with Gasteiger partial charge < -0.3 is 0 Å². The smallest absolute Gasteiger partial charge is 0.243 e. The van der Waals surface area contributed by atoms with Crippen LogP contribution in [0.5, 0.6) is 0 Å². The molecule has 0 spiro atoms. The molecule has 0 aliphatic carbocycles. The summed E-state index contributed by atoms with van der Waals surface area (Å²) in [5, 5.41) is 1.14. The molecule has 0 unspecified atom stereocenters. The molecule has 2 aromatic carbocycles. The number of benzene rings is 2. The summed E-state index contributed by atoms with van der Waals surface area (Å²) in [5.74, 6) is 0. The van der Waals surface area contributed by atoms with Crippen LogP contribution in [0.15, 0.2) is 48.5 Å². The van der Waals surface area contributed by atoms with Crippen molar-refractivity contribution in [3.05, 3.63) is 69.7 Å². The van der Waals surface area contributed by atoms with Gasteiger partial charge in [-0.2, -0.15) is 8.42 Å². The second kappa shape index (κ2) is 7.24. The normalized spacial score (nSPS) is 11.5. The van der Waals surface area contributed by atoms with Crippen molar-refractivity contribution in [2.24, 2.45) is 0 Å². The highest BCUT2D eigenvalue weighted by molar-refractivity contribution is 7.81. The van der Waals surface area contributed by atoms with Gasteiger partial charge in [-0.25, -0.2) is 8.37 Å². The molecule has 0 fully saturated rings. The lowest BCUT2D eigenvalue weighted by molar-refractivity contribution is 0.202. The second-order valence-electron chi connectivity index (χ2n) is 4.19. The van der Waals surface area contributed by atoms with E-state index in [1.165, 1.54) is 0 Å². The average Bonchev–Trinajstić information content (AvgIpc) is 2.46. The van der Waals surface area contributed by atoms with Gasteiger partial charge in [0.05, 0.1) is 13.2 Å². The number of hydrogen-bond donors (Lipinski definition) is 0. The highest BCUT2D eigenvalue weighted by Gasteiger charge is 2.12. The van der Waals surface area contributed by atoms with Crippen LogP contribution in [-0.4, -0.2) is 8.42 Å². The molecule has 21 heavy (non-hydrogen) atoms. The van der Waals surface area contributed by atoms with Crippen molar-refractivity contribution in [3.63, 3.8) is 0 Å². The number of hydrogen-bond acceptors (Lipinski definition) is 4. The molecule has 0 atom stereocenters. The lowest BCUT2D eigenvalue weighted by atomic mass is 10.2. The second-order valence-corrected chi connectivity index (χ2v) is 6.35. The first-order valence-electron chi connectivity index (χ1n) is 5.97. The Hall–Kier alpha value is -1.11. The minimum absolute atomic E-state index is 0.111. The largest absolute Gasteiger partial charge is 0.400 e. The molecule has 0 amide bonds. The van der Waals surface area contributed by atoms with Crippen molar-refractivity contribution < 1.29 is 16.8 Å². The van der Waals surface area contributed by atoms with Gasteiger partial charge in [0.15, 0.2) is 0 Å². The van der Waals surface area contributed by atoms with Crippen molar-refractivity contribution >= 4 is 33.6 Å². The Kier molecular flexibility index (Phi) is 5.61. The molecule has 0 aromatic heterocycles. The molecule has 4 nitrogen and oxygen atoms in total. The fraction of sp³-hybridized carbons (Fsp3) is 0.143. The van der Waals surface area contributed by atoms with Crippen molar-refractivity contribution in [2.45, 2.75) is 13.2 Å². The summed E-state index contributed by atoms with van der Waals surface area (Å²) in [6, 6.07) is 13.3. The van der Waals surface area contributed by atoms with Crippen LogP contribution in [0.25, 0.3) is 0 Å². The van der Waals surface area contributed by atoms with E-state index < -0.39 is 10.4 Å². The summed E-state index contributed by atoms with van der Waals surface area (Å²) in [5.41, 5.74) is 1.36. The zero-order chi connectivity index (χ0) is 15.3. The van der Waals surface area contributed by atoms with Crippen molar-refractivity contribution in [3.8, 4) is 0 Å². The monoisotopic (exact) mass is 346 g/mol. The van der Waals surface area contributed by atoms with Gasteiger partial charge in [0.2, 0.25) is 0 Å². The SMILES string of the molecule is O=S(=O)(OCc1ccc(Cl)cc1)OCc1ccc(Cl)cc1. The lowest BCUT2D eigenvalue weighted by Crippen LogP contribution is -2.10. The quantitative estimate of drug-likeness (QED) is 0.793. The summed E-state index contributed by atoms with van der Waals surface area (Å²) < 4.78 is 32.8. The molecule has 7 heteroatoms. The minimum atomic E-state index is -4.06. The van der Waals surface area contributed by atoms with Crippen LogP contribution in [0.4, 0.5) is 0 Å². The third kappa shape index (κ3) is 5.65. The van der Waals surface area contributed by atoms with E-state index >= 15 is 0 Å². The zero-order valence-electron chi connectivity index (χ0n) is 10.8. The molecule has 0 radical (unpaired) electrons. The maximum atomic E-state index is 11.6. The first kappa shape index (κ1) is 16.3. The average molecular weight is 347 g/mol. The Labute approximate surface area is 133 Å². The molecule has 0 N–H and O–H groups in total. The maximum absolute atomic E-state index is 11.6. The van der Waals surface area contributed by atoms with E-state index in [0.29, 0.717) is 21.2 Å². The molecule has 0 aliphatic heterocycles. The minimum Gasteiger partial charge on any atom is -0.243 e. The molecule has 0 bridgehead atoms. The standard InChI is InChI=1S/C14H12Cl2O4S/c15-13-5-1-11(2-6-13)9-19-21(17,18)20-10-12-3-7-14(16)8-4-12/h1-8H,9-10H2. The maximum Gasteiger partial charge on any atom is 0.400 e. The summed E-state index contributed by atoms with van der Waals surface area (Å²) in [6.07, 6.45) is 0. The Bertz CT molecular complexity index is 626. The first-order chi connectivity index (χ1) is 9.94. The first-order valence-corrected chi connectivity index (χ1v) is 8.06. The highest BCUT2D eigenvalue weighted by Crippen LogP contribution is 2.14. The molecular weight excluding hydrogens is 335 g/mol. The highest BCUT2D eigenvalue weighted by atomic mass is 35.5. The van der Waals surface area contributed by atoms with Crippen LogP contribution in [0, 0.1) is 0 Å². The molecule has 0 heterocycles. The van der Waals surface area contributed by atoms with Crippen molar-refractivity contribution in [1.82, 2.24) is 0 Å². The van der Waals surface area contributed by atoms with E-state index in [1.54, 1.807) is 48.5 Å². The van der Waals surface area contributed by atoms with Crippen molar-refractivity contribution in [2.75, 3.05) is 0 Å². The van der Waals surface area contributed by atoms with Crippen LogP contribution < -0.4 is 0 Å². The molecule has 2 rings (SSSR count). The molecule has 112 valence electrons. The summed E-state index contributed by atoms with van der Waals surface area (Å²) in [4.78, 5) is 0. The lowest BCUT2D eigenvalue weighted by Gasteiger charge is -2.06. The van der Waals surface area contributed by atoms with Gasteiger partial charge in [-0.3, -0.25) is 0 Å². The zero-order valence-corrected chi connectivity index (χ0v) is 13.2. The topological polar surface area (TPSA) is 52.6 Å². The van der Waals surface area contributed by atoms with Crippen LogP contribution in [-0.2, 0) is 32.0 Å². The van der Waals surface area contributed by atoms with Gasteiger partial charge in [-0.05, 0) is 35.4 Å². The predicted octanol–water partition coefficient (Wildman–Crippen LogP) is 3.97. The van der Waals surface area contributed by atoms with Gasteiger partial charge in [0.1, 0.15) is 0 Å². The Balaban J connectivity index is 1.87. The summed E-state index contributed by atoms with van der Waals surface area (Å²) >= 11 is 11.5. The summed E-state index contributed by atoms with van der Waals surface area (Å²) in [6.45, 7) is -0.222. The van der Waals surface area contributed by atoms with E-state index in [9.17, 15) is 8.42 Å². The fourth-order valence-corrected chi connectivity index (χ4v) is 2.36. The summed E-state index contributed by atoms with van der Waals surface area (Å²) in [7, 11) is -4.06. The molecule has 2 aromatic rings. The van der Waals surface area contributed by atoms with Crippen molar-refractivity contribution in [1.29, 1.82) is 0 Å². The van der Waals surface area contributed by atoms with E-state index in [1.807, 2.05) is 0 Å². The third-order valence-corrected chi connectivity index (χ3v) is 3.88. The van der Waals surface area contributed by atoms with Crippen LogP contribution in [0.3, 0.4) is 0 Å². The van der Waals surface area contributed by atoms with E-state index in [0.717, 1.165) is 0 Å². The van der Waals surface area contributed by atoms with Gasteiger partial charge in [-0.15, -0.1) is 0 Å². The van der Waals surface area contributed by atoms with Gasteiger partial charge in [0.25, 0.3) is 0 Å². The number of halogens is 2. The molecule has 0 saturated carbocycles. The van der Waals surface area contributed by atoms with Gasteiger partial charge in [-0.1, -0.05) is 47.5 Å².